The summed E-state index contributed by atoms with van der Waals surface area (Å²) in [5, 5.41) is 16.4. The molecule has 2 heterocycles. The molecule has 1 aromatic carbocycles. The Morgan fingerprint density at radius 3 is 2.45 bits per heavy atom. The monoisotopic (exact) mass is 485 g/mol. The number of anilines is 2. The van der Waals surface area contributed by atoms with Crippen LogP contribution in [0.2, 0.25) is 0 Å². The van der Waals surface area contributed by atoms with Crippen molar-refractivity contribution in [3.05, 3.63) is 58.5 Å². The van der Waals surface area contributed by atoms with Gasteiger partial charge in [-0.25, -0.2) is 13.4 Å². The second-order valence-corrected chi connectivity index (χ2v) is 10.1. The van der Waals surface area contributed by atoms with Gasteiger partial charge in [0.1, 0.15) is 16.9 Å². The van der Waals surface area contributed by atoms with Crippen LogP contribution in [0, 0.1) is 39.0 Å². The fourth-order valence-electron chi connectivity index (χ4n) is 2.94. The molecular formula is C22H23N5O4S2. The van der Waals surface area contributed by atoms with Gasteiger partial charge in [0.05, 0.1) is 10.5 Å². The minimum atomic E-state index is -3.83. The SMILES string of the molecule is Cc1cc(NS(=O)(=O)c2ccc(NC(=O)CCSc3nc(C)c(C)c(C)c3C#N)cc2)no1. The van der Waals surface area contributed by atoms with Crippen molar-refractivity contribution in [1.29, 1.82) is 5.26 Å². The van der Waals surface area contributed by atoms with Gasteiger partial charge in [-0.3, -0.25) is 9.52 Å². The zero-order chi connectivity index (χ0) is 24.2. The van der Waals surface area contributed by atoms with E-state index in [0.29, 0.717) is 27.8 Å². The minimum absolute atomic E-state index is 0.0249. The Balaban J connectivity index is 1.57. The van der Waals surface area contributed by atoms with Crippen LogP contribution in [0.5, 0.6) is 0 Å². The van der Waals surface area contributed by atoms with Crippen molar-refractivity contribution in [1.82, 2.24) is 10.1 Å². The number of carbonyl (C=O) groups is 1. The van der Waals surface area contributed by atoms with Crippen molar-refractivity contribution in [2.75, 3.05) is 15.8 Å². The average molecular weight is 486 g/mol. The third-order valence-electron chi connectivity index (χ3n) is 4.96. The summed E-state index contributed by atoms with van der Waals surface area (Å²) in [6, 6.07) is 9.47. The zero-order valence-corrected chi connectivity index (χ0v) is 20.2. The van der Waals surface area contributed by atoms with Gasteiger partial charge in [0.15, 0.2) is 5.82 Å². The van der Waals surface area contributed by atoms with Gasteiger partial charge < -0.3 is 9.84 Å². The molecule has 33 heavy (non-hydrogen) atoms. The lowest BCUT2D eigenvalue weighted by molar-refractivity contribution is -0.115. The molecule has 0 unspecified atom stereocenters. The summed E-state index contributed by atoms with van der Waals surface area (Å²) in [6.07, 6.45) is 0.205. The molecule has 0 radical (unpaired) electrons. The highest BCUT2D eigenvalue weighted by Crippen LogP contribution is 2.27. The van der Waals surface area contributed by atoms with Gasteiger partial charge in [-0.1, -0.05) is 5.16 Å². The van der Waals surface area contributed by atoms with Crippen LogP contribution in [0.3, 0.4) is 0 Å². The maximum Gasteiger partial charge on any atom is 0.263 e. The predicted octanol–water partition coefficient (Wildman–Crippen LogP) is 4.10. The number of sulfonamides is 1. The Hall–Kier alpha value is -3.36. The van der Waals surface area contributed by atoms with E-state index in [2.05, 4.69) is 26.2 Å². The molecule has 172 valence electrons. The lowest BCUT2D eigenvalue weighted by Gasteiger charge is -2.11. The maximum atomic E-state index is 12.4. The highest BCUT2D eigenvalue weighted by atomic mass is 32.2. The van der Waals surface area contributed by atoms with Gasteiger partial charge in [0, 0.05) is 29.6 Å². The lowest BCUT2D eigenvalue weighted by atomic mass is 10.1. The quantitative estimate of drug-likeness (QED) is 0.455. The highest BCUT2D eigenvalue weighted by molar-refractivity contribution is 7.99. The number of hydrogen-bond acceptors (Lipinski definition) is 8. The van der Waals surface area contributed by atoms with E-state index in [9.17, 15) is 18.5 Å². The van der Waals surface area contributed by atoms with Crippen molar-refractivity contribution in [3.63, 3.8) is 0 Å². The molecule has 0 saturated carbocycles. The smallest absolute Gasteiger partial charge is 0.263 e. The van der Waals surface area contributed by atoms with Crippen LogP contribution in [-0.2, 0) is 14.8 Å². The number of hydrogen-bond donors (Lipinski definition) is 2. The number of nitrogens with one attached hydrogen (secondary N) is 2. The summed E-state index contributed by atoms with van der Waals surface area (Å²) in [4.78, 5) is 16.8. The highest BCUT2D eigenvalue weighted by Gasteiger charge is 2.17. The van der Waals surface area contributed by atoms with E-state index < -0.39 is 10.0 Å². The standard InChI is InChI=1S/C22H23N5O4S2/c1-13-11-20(26-31-13)27-33(29,30)18-7-5-17(6-8-18)25-21(28)9-10-32-22-19(12-23)15(3)14(2)16(4)24-22/h5-8,11H,9-10H2,1-4H3,(H,25,28)(H,26,27). The second-order valence-electron chi connectivity index (χ2n) is 7.34. The summed E-state index contributed by atoms with van der Waals surface area (Å²) in [7, 11) is -3.83. The first-order chi connectivity index (χ1) is 15.6. The summed E-state index contributed by atoms with van der Waals surface area (Å²) in [5.41, 5.74) is 3.76. The van der Waals surface area contributed by atoms with Gasteiger partial charge in [-0.05, 0) is 63.1 Å². The Kier molecular flexibility index (Phi) is 7.40. The fourth-order valence-corrected chi connectivity index (χ4v) is 4.95. The summed E-state index contributed by atoms with van der Waals surface area (Å²) in [5.74, 6) is 0.795. The Labute approximate surface area is 196 Å². The van der Waals surface area contributed by atoms with Gasteiger partial charge in [-0.15, -0.1) is 11.8 Å². The molecule has 0 aliphatic carbocycles. The summed E-state index contributed by atoms with van der Waals surface area (Å²) >= 11 is 1.36. The lowest BCUT2D eigenvalue weighted by Crippen LogP contribution is -2.14. The molecule has 1 amide bonds. The van der Waals surface area contributed by atoms with Crippen LogP contribution in [0.15, 0.2) is 44.8 Å². The van der Waals surface area contributed by atoms with Crippen LogP contribution >= 0.6 is 11.8 Å². The Morgan fingerprint density at radius 2 is 1.85 bits per heavy atom. The molecule has 2 aromatic heterocycles. The normalized spacial score (nSPS) is 11.1. The molecule has 0 fully saturated rings. The first-order valence-electron chi connectivity index (χ1n) is 9.97. The van der Waals surface area contributed by atoms with E-state index in [1.807, 2.05) is 20.8 Å². The van der Waals surface area contributed by atoms with Gasteiger partial charge in [0.2, 0.25) is 5.91 Å². The van der Waals surface area contributed by atoms with Gasteiger partial charge in [-0.2, -0.15) is 5.26 Å². The van der Waals surface area contributed by atoms with Gasteiger partial charge >= 0.3 is 0 Å². The van der Waals surface area contributed by atoms with Crippen molar-refractivity contribution < 1.29 is 17.7 Å². The molecule has 9 nitrogen and oxygen atoms in total. The Bertz CT molecular complexity index is 1330. The van der Waals surface area contributed by atoms with Gasteiger partial charge in [0.25, 0.3) is 10.0 Å². The predicted molar refractivity (Wildman–Crippen MR) is 126 cm³/mol. The molecule has 0 atom stereocenters. The summed E-state index contributed by atoms with van der Waals surface area (Å²) < 4.78 is 32.0. The number of amides is 1. The number of aryl methyl sites for hydroxylation is 2. The van der Waals surface area contributed by atoms with Crippen molar-refractivity contribution >= 4 is 39.2 Å². The van der Waals surface area contributed by atoms with E-state index in [-0.39, 0.29) is 23.0 Å². The fraction of sp³-hybridized carbons (Fsp3) is 0.273. The van der Waals surface area contributed by atoms with Crippen LogP contribution in [-0.4, -0.2) is 30.2 Å². The largest absolute Gasteiger partial charge is 0.360 e. The van der Waals surface area contributed by atoms with E-state index in [1.54, 1.807) is 6.92 Å². The number of rotatable bonds is 8. The van der Waals surface area contributed by atoms with Crippen LogP contribution < -0.4 is 10.0 Å². The van der Waals surface area contributed by atoms with E-state index in [4.69, 9.17) is 4.52 Å². The number of benzene rings is 1. The maximum absolute atomic E-state index is 12.4. The number of nitriles is 1. The molecule has 11 heteroatoms. The Morgan fingerprint density at radius 1 is 1.15 bits per heavy atom. The van der Waals surface area contributed by atoms with E-state index in [1.165, 1.54) is 42.1 Å². The molecular weight excluding hydrogens is 462 g/mol. The number of nitrogens with zero attached hydrogens (tertiary/aromatic N) is 3. The zero-order valence-electron chi connectivity index (χ0n) is 18.6. The van der Waals surface area contributed by atoms with Crippen molar-refractivity contribution in [2.24, 2.45) is 0 Å². The molecule has 3 aromatic rings. The molecule has 0 spiro atoms. The molecule has 0 saturated heterocycles. The molecule has 0 aliphatic heterocycles. The van der Waals surface area contributed by atoms with Crippen molar-refractivity contribution in [2.45, 2.75) is 44.0 Å². The van der Waals surface area contributed by atoms with Crippen LogP contribution in [0.4, 0.5) is 11.5 Å². The second kappa shape index (κ2) is 10.1. The third kappa shape index (κ3) is 5.91. The molecule has 2 N–H and O–H groups in total. The van der Waals surface area contributed by atoms with E-state index in [0.717, 1.165) is 16.8 Å². The number of carbonyl (C=O) groups excluding carboxylic acids is 1. The average Bonchev–Trinajstić information content (AvgIpc) is 3.16. The van der Waals surface area contributed by atoms with Crippen molar-refractivity contribution in [3.8, 4) is 6.07 Å². The first-order valence-corrected chi connectivity index (χ1v) is 12.4. The number of aromatic nitrogens is 2. The molecule has 0 bridgehead atoms. The van der Waals surface area contributed by atoms with Crippen LogP contribution in [0.25, 0.3) is 0 Å². The number of pyridine rings is 1. The number of thioether (sulfide) groups is 1. The molecule has 3 rings (SSSR count). The topological polar surface area (TPSA) is 138 Å². The van der Waals surface area contributed by atoms with Crippen LogP contribution in [0.1, 0.15) is 34.6 Å². The minimum Gasteiger partial charge on any atom is -0.360 e. The molecule has 0 aliphatic rings. The first kappa shape index (κ1) is 24.3. The third-order valence-corrected chi connectivity index (χ3v) is 7.31. The summed E-state index contributed by atoms with van der Waals surface area (Å²) in [6.45, 7) is 7.38. The van der Waals surface area contributed by atoms with E-state index >= 15 is 0 Å².